The van der Waals surface area contributed by atoms with Gasteiger partial charge in [0, 0.05) is 13.0 Å². The third-order valence-electron chi connectivity index (χ3n) is 2.13. The summed E-state index contributed by atoms with van der Waals surface area (Å²) < 4.78 is 0. The summed E-state index contributed by atoms with van der Waals surface area (Å²) in [5, 5.41) is 13.6. The Morgan fingerprint density at radius 2 is 2.21 bits per heavy atom. The lowest BCUT2D eigenvalue weighted by molar-refractivity contribution is 0.847. The molecule has 1 aliphatic heterocycles. The molecule has 0 saturated heterocycles. The van der Waals surface area contributed by atoms with Gasteiger partial charge < -0.3 is 5.32 Å². The van der Waals surface area contributed by atoms with E-state index in [0.29, 0.717) is 0 Å². The SMILES string of the molecule is CCc1nnc(CNC2=NCCC2)s1. The van der Waals surface area contributed by atoms with Crippen molar-refractivity contribution in [3.05, 3.63) is 10.0 Å². The number of nitrogens with one attached hydrogen (secondary N) is 1. The first-order chi connectivity index (χ1) is 6.88. The van der Waals surface area contributed by atoms with Crippen molar-refractivity contribution < 1.29 is 0 Å². The molecule has 0 aromatic carbocycles. The van der Waals surface area contributed by atoms with Crippen LogP contribution in [0.5, 0.6) is 0 Å². The van der Waals surface area contributed by atoms with Crippen molar-refractivity contribution in [2.75, 3.05) is 6.54 Å². The fourth-order valence-electron chi connectivity index (χ4n) is 1.36. The van der Waals surface area contributed by atoms with Crippen LogP contribution in [0.4, 0.5) is 0 Å². The van der Waals surface area contributed by atoms with Crippen LogP contribution < -0.4 is 5.32 Å². The molecule has 1 N–H and O–H groups in total. The fourth-order valence-corrected chi connectivity index (χ4v) is 2.09. The Morgan fingerprint density at radius 1 is 1.36 bits per heavy atom. The molecule has 0 spiro atoms. The van der Waals surface area contributed by atoms with Crippen molar-refractivity contribution >= 4 is 17.2 Å². The van der Waals surface area contributed by atoms with Crippen molar-refractivity contribution in [2.45, 2.75) is 32.7 Å². The minimum atomic E-state index is 0.774. The number of rotatable bonds is 3. The van der Waals surface area contributed by atoms with Gasteiger partial charge >= 0.3 is 0 Å². The lowest BCUT2D eigenvalue weighted by Crippen LogP contribution is -2.20. The maximum atomic E-state index is 4.34. The van der Waals surface area contributed by atoms with Crippen molar-refractivity contribution in [2.24, 2.45) is 4.99 Å². The van der Waals surface area contributed by atoms with E-state index in [0.717, 1.165) is 41.8 Å². The van der Waals surface area contributed by atoms with Crippen molar-refractivity contribution in [3.8, 4) is 0 Å². The Balaban J connectivity index is 1.85. The number of aromatic nitrogens is 2. The summed E-state index contributed by atoms with van der Waals surface area (Å²) in [6.07, 6.45) is 3.23. The number of nitrogens with zero attached hydrogens (tertiary/aromatic N) is 3. The monoisotopic (exact) mass is 210 g/mol. The molecular weight excluding hydrogens is 196 g/mol. The highest BCUT2D eigenvalue weighted by Gasteiger charge is 2.07. The molecule has 1 aromatic rings. The van der Waals surface area contributed by atoms with E-state index in [4.69, 9.17) is 0 Å². The van der Waals surface area contributed by atoms with Crippen molar-refractivity contribution in [1.29, 1.82) is 0 Å². The largest absolute Gasteiger partial charge is 0.367 e. The quantitative estimate of drug-likeness (QED) is 0.820. The van der Waals surface area contributed by atoms with Gasteiger partial charge in [-0.25, -0.2) is 0 Å². The molecule has 0 saturated carbocycles. The lowest BCUT2D eigenvalue weighted by atomic mass is 10.3. The van der Waals surface area contributed by atoms with Gasteiger partial charge in [-0.2, -0.15) is 0 Å². The Labute approximate surface area is 87.5 Å². The minimum Gasteiger partial charge on any atom is -0.367 e. The Bertz CT molecular complexity index is 331. The second kappa shape index (κ2) is 4.50. The predicted molar refractivity (Wildman–Crippen MR) is 57.7 cm³/mol. The van der Waals surface area contributed by atoms with E-state index in [1.807, 2.05) is 0 Å². The smallest absolute Gasteiger partial charge is 0.136 e. The van der Waals surface area contributed by atoms with E-state index >= 15 is 0 Å². The van der Waals surface area contributed by atoms with Gasteiger partial charge in [-0.1, -0.05) is 18.3 Å². The summed E-state index contributed by atoms with van der Waals surface area (Å²) in [6.45, 7) is 3.84. The van der Waals surface area contributed by atoms with E-state index in [9.17, 15) is 0 Å². The average molecular weight is 210 g/mol. The average Bonchev–Trinajstić information content (AvgIpc) is 2.86. The fraction of sp³-hybridized carbons (Fsp3) is 0.667. The van der Waals surface area contributed by atoms with E-state index in [1.165, 1.54) is 6.42 Å². The zero-order chi connectivity index (χ0) is 9.80. The Hall–Kier alpha value is -0.970. The molecule has 1 aliphatic rings. The topological polar surface area (TPSA) is 50.2 Å². The number of hydrogen-bond acceptors (Lipinski definition) is 5. The summed E-state index contributed by atoms with van der Waals surface area (Å²) >= 11 is 1.68. The second-order valence-corrected chi connectivity index (χ2v) is 4.38. The highest BCUT2D eigenvalue weighted by Crippen LogP contribution is 2.10. The van der Waals surface area contributed by atoms with Crippen molar-refractivity contribution in [1.82, 2.24) is 15.5 Å². The molecule has 0 radical (unpaired) electrons. The zero-order valence-corrected chi connectivity index (χ0v) is 9.10. The van der Waals surface area contributed by atoms with E-state index < -0.39 is 0 Å². The molecule has 0 fully saturated rings. The molecule has 1 aromatic heterocycles. The highest BCUT2D eigenvalue weighted by atomic mass is 32.1. The van der Waals surface area contributed by atoms with Gasteiger partial charge in [0.1, 0.15) is 10.0 Å². The third-order valence-corrected chi connectivity index (χ3v) is 3.20. The molecule has 4 nitrogen and oxygen atoms in total. The standard InChI is InChI=1S/C9H14N4S/c1-2-8-12-13-9(14-8)6-11-7-4-3-5-10-7/h2-6H2,1H3,(H,10,11). The molecule has 0 aliphatic carbocycles. The van der Waals surface area contributed by atoms with Gasteiger partial charge in [-0.15, -0.1) is 10.2 Å². The normalized spacial score (nSPS) is 15.6. The minimum absolute atomic E-state index is 0.774. The van der Waals surface area contributed by atoms with Gasteiger partial charge in [0.25, 0.3) is 0 Å². The molecule has 76 valence electrons. The third kappa shape index (κ3) is 2.29. The molecule has 5 heteroatoms. The molecule has 2 heterocycles. The first kappa shape index (κ1) is 9.58. The number of aryl methyl sites for hydroxylation is 1. The maximum Gasteiger partial charge on any atom is 0.136 e. The molecule has 0 unspecified atom stereocenters. The molecule has 0 bridgehead atoms. The lowest BCUT2D eigenvalue weighted by Gasteiger charge is -2.00. The van der Waals surface area contributed by atoms with Gasteiger partial charge in [0.2, 0.25) is 0 Å². The van der Waals surface area contributed by atoms with E-state index in [2.05, 4.69) is 27.4 Å². The first-order valence-electron chi connectivity index (χ1n) is 4.97. The molecular formula is C9H14N4S. The Morgan fingerprint density at radius 3 is 2.86 bits per heavy atom. The van der Waals surface area contributed by atoms with Crippen LogP contribution in [0.2, 0.25) is 0 Å². The Kier molecular flexibility index (Phi) is 3.08. The van der Waals surface area contributed by atoms with E-state index in [-0.39, 0.29) is 0 Å². The molecule has 0 amide bonds. The van der Waals surface area contributed by atoms with Crippen LogP contribution in [0, 0.1) is 0 Å². The summed E-state index contributed by atoms with van der Waals surface area (Å²) in [5.41, 5.74) is 0. The maximum absolute atomic E-state index is 4.34. The second-order valence-electron chi connectivity index (χ2n) is 3.23. The molecule has 0 atom stereocenters. The van der Waals surface area contributed by atoms with Gasteiger partial charge in [-0.3, -0.25) is 4.99 Å². The molecule has 2 rings (SSSR count). The van der Waals surface area contributed by atoms with Crippen LogP contribution in [0.25, 0.3) is 0 Å². The summed E-state index contributed by atoms with van der Waals surface area (Å²) in [5.74, 6) is 1.12. The van der Waals surface area contributed by atoms with Crippen LogP contribution in [-0.4, -0.2) is 22.6 Å². The summed E-state index contributed by atoms with van der Waals surface area (Å²) in [7, 11) is 0. The number of aliphatic imine (C=N–C) groups is 1. The van der Waals surface area contributed by atoms with Crippen LogP contribution >= 0.6 is 11.3 Å². The van der Waals surface area contributed by atoms with Gasteiger partial charge in [0.15, 0.2) is 0 Å². The summed E-state index contributed by atoms with van der Waals surface area (Å²) in [6, 6.07) is 0. The zero-order valence-electron chi connectivity index (χ0n) is 8.29. The summed E-state index contributed by atoms with van der Waals surface area (Å²) in [4.78, 5) is 4.34. The number of hydrogen-bond donors (Lipinski definition) is 1. The highest BCUT2D eigenvalue weighted by molar-refractivity contribution is 7.11. The van der Waals surface area contributed by atoms with E-state index in [1.54, 1.807) is 11.3 Å². The molecule has 14 heavy (non-hydrogen) atoms. The predicted octanol–water partition coefficient (Wildman–Crippen LogP) is 1.38. The number of amidine groups is 1. The first-order valence-corrected chi connectivity index (χ1v) is 5.78. The van der Waals surface area contributed by atoms with Crippen LogP contribution in [0.15, 0.2) is 4.99 Å². The van der Waals surface area contributed by atoms with Crippen LogP contribution in [0.1, 0.15) is 29.8 Å². The van der Waals surface area contributed by atoms with Crippen LogP contribution in [0.3, 0.4) is 0 Å². The van der Waals surface area contributed by atoms with Crippen LogP contribution in [-0.2, 0) is 13.0 Å². The van der Waals surface area contributed by atoms with Gasteiger partial charge in [0.05, 0.1) is 12.4 Å². The van der Waals surface area contributed by atoms with Gasteiger partial charge in [-0.05, 0) is 12.8 Å². The van der Waals surface area contributed by atoms with Crippen molar-refractivity contribution in [3.63, 3.8) is 0 Å².